The van der Waals surface area contributed by atoms with Crippen LogP contribution in [0.5, 0.6) is 5.75 Å². The molecule has 0 aliphatic carbocycles. The summed E-state index contributed by atoms with van der Waals surface area (Å²) < 4.78 is 6.69. The second-order valence-corrected chi connectivity index (χ2v) is 7.10. The van der Waals surface area contributed by atoms with Gasteiger partial charge in [0.15, 0.2) is 6.61 Å². The number of carbonyl (C=O) groups is 2. The lowest BCUT2D eigenvalue weighted by Crippen LogP contribution is -2.49. The molecule has 0 saturated carbocycles. The number of likely N-dealkylation sites (N-methyl/N-ethyl adjacent to an activating group) is 1. The minimum absolute atomic E-state index is 0.100. The zero-order valence-electron chi connectivity index (χ0n) is 14.9. The minimum Gasteiger partial charge on any atom is -0.484 e. The summed E-state index contributed by atoms with van der Waals surface area (Å²) in [5.41, 5.74) is 1.12. The molecule has 0 unspecified atom stereocenters. The molecular formula is C20H23IN2O3. The van der Waals surface area contributed by atoms with Gasteiger partial charge in [-0.15, -0.1) is 0 Å². The number of amides is 2. The molecule has 0 aliphatic heterocycles. The molecule has 2 aromatic rings. The number of ether oxygens (including phenoxy) is 1. The zero-order valence-corrected chi connectivity index (χ0v) is 17.1. The number of halogens is 1. The maximum absolute atomic E-state index is 12.7. The Morgan fingerprint density at radius 2 is 1.77 bits per heavy atom. The van der Waals surface area contributed by atoms with Crippen molar-refractivity contribution in [1.82, 2.24) is 10.2 Å². The molecule has 2 amide bonds. The van der Waals surface area contributed by atoms with Crippen LogP contribution in [-0.2, 0) is 16.0 Å². The van der Waals surface area contributed by atoms with Crippen molar-refractivity contribution in [3.8, 4) is 5.75 Å². The van der Waals surface area contributed by atoms with Gasteiger partial charge in [-0.2, -0.15) is 0 Å². The predicted octanol–water partition coefficient (Wildman–Crippen LogP) is 2.88. The van der Waals surface area contributed by atoms with Gasteiger partial charge in [0.2, 0.25) is 5.91 Å². The Balaban J connectivity index is 2.02. The van der Waals surface area contributed by atoms with Crippen molar-refractivity contribution in [2.45, 2.75) is 19.4 Å². The maximum Gasteiger partial charge on any atom is 0.261 e. The van der Waals surface area contributed by atoms with Crippen LogP contribution >= 0.6 is 22.6 Å². The SMILES string of the molecule is CNC(=O)[C@@H](C)N(CCc1ccccc1)C(=O)COc1ccc(I)cc1. The summed E-state index contributed by atoms with van der Waals surface area (Å²) in [4.78, 5) is 26.3. The Labute approximate surface area is 167 Å². The van der Waals surface area contributed by atoms with Gasteiger partial charge < -0.3 is 15.0 Å². The van der Waals surface area contributed by atoms with Crippen molar-refractivity contribution in [3.05, 3.63) is 63.7 Å². The number of nitrogens with zero attached hydrogens (tertiary/aromatic N) is 1. The fourth-order valence-corrected chi connectivity index (χ4v) is 2.90. The molecule has 0 bridgehead atoms. The molecular weight excluding hydrogens is 443 g/mol. The van der Waals surface area contributed by atoms with Crippen molar-refractivity contribution in [3.63, 3.8) is 0 Å². The summed E-state index contributed by atoms with van der Waals surface area (Å²) in [6, 6.07) is 16.8. The van der Waals surface area contributed by atoms with Crippen molar-refractivity contribution in [1.29, 1.82) is 0 Å². The van der Waals surface area contributed by atoms with Gasteiger partial charge in [-0.3, -0.25) is 9.59 Å². The number of hydrogen-bond acceptors (Lipinski definition) is 3. The highest BCUT2D eigenvalue weighted by Gasteiger charge is 2.25. The maximum atomic E-state index is 12.7. The molecule has 2 rings (SSSR count). The monoisotopic (exact) mass is 466 g/mol. The van der Waals surface area contributed by atoms with Gasteiger partial charge in [-0.05, 0) is 65.8 Å². The molecule has 0 spiro atoms. The van der Waals surface area contributed by atoms with Gasteiger partial charge in [-0.1, -0.05) is 30.3 Å². The van der Waals surface area contributed by atoms with Gasteiger partial charge in [0, 0.05) is 17.2 Å². The van der Waals surface area contributed by atoms with E-state index in [0.29, 0.717) is 18.7 Å². The fraction of sp³-hybridized carbons (Fsp3) is 0.300. The molecule has 1 atom stereocenters. The van der Waals surface area contributed by atoms with Crippen molar-refractivity contribution < 1.29 is 14.3 Å². The molecule has 26 heavy (non-hydrogen) atoms. The van der Waals surface area contributed by atoms with Crippen molar-refractivity contribution in [2.24, 2.45) is 0 Å². The van der Waals surface area contributed by atoms with E-state index in [-0.39, 0.29) is 18.4 Å². The summed E-state index contributed by atoms with van der Waals surface area (Å²) in [6.07, 6.45) is 0.678. The van der Waals surface area contributed by atoms with Crippen LogP contribution in [-0.4, -0.2) is 43.0 Å². The van der Waals surface area contributed by atoms with E-state index in [0.717, 1.165) is 9.13 Å². The molecule has 0 aromatic heterocycles. The highest BCUT2D eigenvalue weighted by molar-refractivity contribution is 14.1. The van der Waals surface area contributed by atoms with Crippen LogP contribution in [0.3, 0.4) is 0 Å². The first-order valence-electron chi connectivity index (χ1n) is 8.44. The number of nitrogens with one attached hydrogen (secondary N) is 1. The lowest BCUT2D eigenvalue weighted by molar-refractivity contribution is -0.141. The predicted molar refractivity (Wildman–Crippen MR) is 110 cm³/mol. The lowest BCUT2D eigenvalue weighted by Gasteiger charge is -2.28. The summed E-state index contributed by atoms with van der Waals surface area (Å²) in [5.74, 6) is 0.227. The van der Waals surface area contributed by atoms with Crippen LogP contribution in [0, 0.1) is 3.57 Å². The van der Waals surface area contributed by atoms with Crippen LogP contribution in [0.25, 0.3) is 0 Å². The molecule has 1 N–H and O–H groups in total. The summed E-state index contributed by atoms with van der Waals surface area (Å²) in [5, 5.41) is 2.60. The summed E-state index contributed by atoms with van der Waals surface area (Å²) in [7, 11) is 1.57. The second-order valence-electron chi connectivity index (χ2n) is 5.86. The van der Waals surface area contributed by atoms with E-state index in [1.54, 1.807) is 18.9 Å². The van der Waals surface area contributed by atoms with Crippen molar-refractivity contribution >= 4 is 34.4 Å². The van der Waals surface area contributed by atoms with E-state index in [1.807, 2.05) is 54.6 Å². The smallest absolute Gasteiger partial charge is 0.261 e. The third kappa shape index (κ3) is 6.01. The van der Waals surface area contributed by atoms with E-state index in [2.05, 4.69) is 27.9 Å². The first-order chi connectivity index (χ1) is 12.5. The van der Waals surface area contributed by atoms with E-state index in [1.165, 1.54) is 0 Å². The Hall–Kier alpha value is -2.09. The normalized spacial score (nSPS) is 11.5. The van der Waals surface area contributed by atoms with Crippen LogP contribution in [0.1, 0.15) is 12.5 Å². The zero-order chi connectivity index (χ0) is 18.9. The third-order valence-corrected chi connectivity index (χ3v) is 4.79. The number of hydrogen-bond donors (Lipinski definition) is 1. The number of rotatable bonds is 8. The standard InChI is InChI=1S/C20H23IN2O3/c1-15(20(25)22-2)23(13-12-16-6-4-3-5-7-16)19(24)14-26-18-10-8-17(21)9-11-18/h3-11,15H,12-14H2,1-2H3,(H,22,25)/t15-/m1/s1. The Morgan fingerprint density at radius 1 is 1.12 bits per heavy atom. The van der Waals surface area contributed by atoms with Crippen LogP contribution in [0.4, 0.5) is 0 Å². The van der Waals surface area contributed by atoms with Crippen LogP contribution in [0.15, 0.2) is 54.6 Å². The van der Waals surface area contributed by atoms with Crippen molar-refractivity contribution in [2.75, 3.05) is 20.2 Å². The summed E-state index contributed by atoms with van der Waals surface area (Å²) in [6.45, 7) is 2.08. The van der Waals surface area contributed by atoms with Crippen LogP contribution < -0.4 is 10.1 Å². The van der Waals surface area contributed by atoms with Gasteiger partial charge in [0.05, 0.1) is 0 Å². The average molecular weight is 466 g/mol. The topological polar surface area (TPSA) is 58.6 Å². The van der Waals surface area contributed by atoms with E-state index in [4.69, 9.17) is 4.74 Å². The number of benzene rings is 2. The molecule has 0 saturated heterocycles. The van der Waals surface area contributed by atoms with E-state index in [9.17, 15) is 9.59 Å². The molecule has 138 valence electrons. The summed E-state index contributed by atoms with van der Waals surface area (Å²) >= 11 is 2.21. The highest BCUT2D eigenvalue weighted by atomic mass is 127. The van der Waals surface area contributed by atoms with Crippen LogP contribution in [0.2, 0.25) is 0 Å². The molecule has 2 aromatic carbocycles. The molecule has 0 fully saturated rings. The second kappa shape index (κ2) is 10.2. The van der Waals surface area contributed by atoms with E-state index >= 15 is 0 Å². The quantitative estimate of drug-likeness (QED) is 0.609. The van der Waals surface area contributed by atoms with Gasteiger partial charge in [0.25, 0.3) is 5.91 Å². The lowest BCUT2D eigenvalue weighted by atomic mass is 10.1. The number of carbonyl (C=O) groups excluding carboxylic acids is 2. The molecule has 0 radical (unpaired) electrons. The Bertz CT molecular complexity index is 720. The average Bonchev–Trinajstić information content (AvgIpc) is 2.67. The highest BCUT2D eigenvalue weighted by Crippen LogP contribution is 2.14. The minimum atomic E-state index is -0.559. The Morgan fingerprint density at radius 3 is 2.38 bits per heavy atom. The molecule has 6 heteroatoms. The van der Waals surface area contributed by atoms with Gasteiger partial charge >= 0.3 is 0 Å². The third-order valence-electron chi connectivity index (χ3n) is 4.07. The molecule has 0 heterocycles. The largest absolute Gasteiger partial charge is 0.484 e. The first kappa shape index (κ1) is 20.2. The molecule has 5 nitrogen and oxygen atoms in total. The van der Waals surface area contributed by atoms with E-state index < -0.39 is 6.04 Å². The fourth-order valence-electron chi connectivity index (χ4n) is 2.54. The van der Waals surface area contributed by atoms with Gasteiger partial charge in [0.1, 0.15) is 11.8 Å². The first-order valence-corrected chi connectivity index (χ1v) is 9.52. The van der Waals surface area contributed by atoms with Gasteiger partial charge in [-0.25, -0.2) is 0 Å². The Kier molecular flexibility index (Phi) is 7.90. The molecule has 0 aliphatic rings.